The molecule has 1 aromatic rings. The minimum Gasteiger partial charge on any atom is -0.336 e. The van der Waals surface area contributed by atoms with Gasteiger partial charge in [0.25, 0.3) is 5.91 Å². The van der Waals surface area contributed by atoms with Gasteiger partial charge >= 0.3 is 0 Å². The normalized spacial score (nSPS) is 23.5. The monoisotopic (exact) mass is 336 g/mol. The molecule has 0 aromatic heterocycles. The molecule has 1 atom stereocenters. The lowest BCUT2D eigenvalue weighted by Crippen LogP contribution is -2.35. The van der Waals surface area contributed by atoms with Crippen molar-refractivity contribution in [3.05, 3.63) is 29.8 Å². The van der Waals surface area contributed by atoms with Gasteiger partial charge in [0, 0.05) is 24.6 Å². The molecule has 0 aliphatic carbocycles. The molecule has 0 spiro atoms. The maximum atomic E-state index is 12.7. The fraction of sp³-hybridized carbons (Fsp3) is 0.500. The summed E-state index contributed by atoms with van der Waals surface area (Å²) in [6.45, 7) is 2.78. The Balaban J connectivity index is 1.91. The summed E-state index contributed by atoms with van der Waals surface area (Å²) in [6.07, 6.45) is 2.89. The van der Waals surface area contributed by atoms with Crippen LogP contribution >= 0.6 is 0 Å². The molecule has 2 fully saturated rings. The van der Waals surface area contributed by atoms with E-state index in [2.05, 4.69) is 6.92 Å². The molecule has 7 heteroatoms. The summed E-state index contributed by atoms with van der Waals surface area (Å²) in [7, 11) is -3.61. The van der Waals surface area contributed by atoms with Crippen LogP contribution < -0.4 is 4.31 Å². The number of carbonyl (C=O) groups excluding carboxylic acids is 2. The molecule has 0 N–H and O–H groups in total. The standard InChI is InChI=1S/C16H20N2O4S/c1-2-13-7-4-9-17(13)16(20)12-5-3-6-14(11-12)18-15(19)8-10-23(18,21)22/h3,5-6,11,13H,2,4,7-10H2,1H3. The Kier molecular flexibility index (Phi) is 4.14. The van der Waals surface area contributed by atoms with E-state index < -0.39 is 15.9 Å². The van der Waals surface area contributed by atoms with E-state index in [1.165, 1.54) is 6.07 Å². The molecule has 2 aliphatic heterocycles. The Morgan fingerprint density at radius 2 is 2.13 bits per heavy atom. The quantitative estimate of drug-likeness (QED) is 0.843. The van der Waals surface area contributed by atoms with Gasteiger partial charge in [-0.3, -0.25) is 9.59 Å². The van der Waals surface area contributed by atoms with Gasteiger partial charge in [-0.1, -0.05) is 13.0 Å². The molecular formula is C16H20N2O4S. The van der Waals surface area contributed by atoms with Crippen LogP contribution in [0.4, 0.5) is 5.69 Å². The van der Waals surface area contributed by atoms with Crippen molar-refractivity contribution in [2.75, 3.05) is 16.6 Å². The van der Waals surface area contributed by atoms with Crippen molar-refractivity contribution in [3.63, 3.8) is 0 Å². The Morgan fingerprint density at radius 1 is 1.35 bits per heavy atom. The highest BCUT2D eigenvalue weighted by Gasteiger charge is 2.37. The second-order valence-corrected chi connectivity index (χ2v) is 7.91. The van der Waals surface area contributed by atoms with E-state index in [-0.39, 0.29) is 29.8 Å². The molecule has 1 aromatic carbocycles. The molecule has 0 radical (unpaired) electrons. The summed E-state index contributed by atoms with van der Waals surface area (Å²) in [5.74, 6) is -0.712. The van der Waals surface area contributed by atoms with Crippen LogP contribution in [0.5, 0.6) is 0 Å². The first-order valence-corrected chi connectivity index (χ1v) is 9.52. The molecule has 2 aliphatic rings. The maximum Gasteiger partial charge on any atom is 0.254 e. The highest BCUT2D eigenvalue weighted by molar-refractivity contribution is 7.94. The molecule has 2 amide bonds. The molecule has 124 valence electrons. The lowest BCUT2D eigenvalue weighted by molar-refractivity contribution is -0.116. The molecule has 6 nitrogen and oxygen atoms in total. The van der Waals surface area contributed by atoms with E-state index in [0.29, 0.717) is 5.56 Å². The first-order chi connectivity index (χ1) is 10.9. The van der Waals surface area contributed by atoms with Gasteiger partial charge in [0.05, 0.1) is 11.4 Å². The summed E-state index contributed by atoms with van der Waals surface area (Å²) < 4.78 is 24.9. The molecule has 1 unspecified atom stereocenters. The zero-order valence-electron chi connectivity index (χ0n) is 13.1. The van der Waals surface area contributed by atoms with Crippen LogP contribution in [0.3, 0.4) is 0 Å². The number of hydrogen-bond donors (Lipinski definition) is 0. The van der Waals surface area contributed by atoms with Crippen LogP contribution in [0.15, 0.2) is 24.3 Å². The van der Waals surface area contributed by atoms with Crippen molar-refractivity contribution in [2.24, 2.45) is 0 Å². The third-order valence-electron chi connectivity index (χ3n) is 4.52. The van der Waals surface area contributed by atoms with Crippen molar-refractivity contribution >= 4 is 27.5 Å². The summed E-state index contributed by atoms with van der Waals surface area (Å²) in [5, 5.41) is 0. The second kappa shape index (κ2) is 5.96. The Hall–Kier alpha value is -1.89. The van der Waals surface area contributed by atoms with Crippen LogP contribution in [0.2, 0.25) is 0 Å². The Morgan fingerprint density at radius 3 is 2.78 bits per heavy atom. The van der Waals surface area contributed by atoms with E-state index in [1.54, 1.807) is 18.2 Å². The average molecular weight is 336 g/mol. The number of amides is 2. The van der Waals surface area contributed by atoms with E-state index in [1.807, 2.05) is 4.90 Å². The first-order valence-electron chi connectivity index (χ1n) is 7.91. The predicted octanol–water partition coefficient (Wildman–Crippen LogP) is 1.77. The van der Waals surface area contributed by atoms with Crippen molar-refractivity contribution in [1.29, 1.82) is 0 Å². The number of rotatable bonds is 3. The zero-order valence-corrected chi connectivity index (χ0v) is 13.9. The molecule has 0 bridgehead atoms. The molecule has 23 heavy (non-hydrogen) atoms. The number of nitrogens with zero attached hydrogens (tertiary/aromatic N) is 2. The van der Waals surface area contributed by atoms with Crippen LogP contribution in [0.1, 0.15) is 43.0 Å². The summed E-state index contributed by atoms with van der Waals surface area (Å²) in [6, 6.07) is 6.60. The zero-order chi connectivity index (χ0) is 16.6. The van der Waals surface area contributed by atoms with Gasteiger partial charge in [0.2, 0.25) is 15.9 Å². The van der Waals surface area contributed by atoms with E-state index in [0.717, 1.165) is 30.1 Å². The fourth-order valence-electron chi connectivity index (χ4n) is 3.33. The van der Waals surface area contributed by atoms with Crippen molar-refractivity contribution in [3.8, 4) is 0 Å². The van der Waals surface area contributed by atoms with Gasteiger partial charge in [0.1, 0.15) is 0 Å². The fourth-order valence-corrected chi connectivity index (χ4v) is 4.78. The van der Waals surface area contributed by atoms with Crippen LogP contribution in [0, 0.1) is 0 Å². The molecule has 3 rings (SSSR count). The predicted molar refractivity (Wildman–Crippen MR) is 86.7 cm³/mol. The molecular weight excluding hydrogens is 316 g/mol. The van der Waals surface area contributed by atoms with Crippen LogP contribution in [0.25, 0.3) is 0 Å². The lowest BCUT2D eigenvalue weighted by Gasteiger charge is -2.24. The SMILES string of the molecule is CCC1CCCN1C(=O)c1cccc(N2C(=O)CCS2(=O)=O)c1. The highest BCUT2D eigenvalue weighted by Crippen LogP contribution is 2.28. The number of sulfonamides is 1. The molecule has 0 saturated carbocycles. The van der Waals surface area contributed by atoms with Gasteiger partial charge in [-0.15, -0.1) is 0 Å². The maximum absolute atomic E-state index is 12.7. The van der Waals surface area contributed by atoms with Crippen LogP contribution in [-0.2, 0) is 14.8 Å². The van der Waals surface area contributed by atoms with Gasteiger partial charge in [-0.2, -0.15) is 0 Å². The van der Waals surface area contributed by atoms with Crippen LogP contribution in [-0.4, -0.2) is 43.5 Å². The van der Waals surface area contributed by atoms with E-state index >= 15 is 0 Å². The van der Waals surface area contributed by atoms with Gasteiger partial charge in [-0.05, 0) is 37.5 Å². The average Bonchev–Trinajstić information content (AvgIpc) is 3.10. The van der Waals surface area contributed by atoms with Crippen molar-refractivity contribution < 1.29 is 18.0 Å². The van der Waals surface area contributed by atoms with E-state index in [9.17, 15) is 18.0 Å². The Bertz CT molecular complexity index is 744. The minimum absolute atomic E-state index is 0.00938. The molecule has 2 saturated heterocycles. The van der Waals surface area contributed by atoms with Crippen molar-refractivity contribution in [2.45, 2.75) is 38.6 Å². The minimum atomic E-state index is -3.61. The highest BCUT2D eigenvalue weighted by atomic mass is 32.2. The second-order valence-electron chi connectivity index (χ2n) is 5.98. The molecule has 2 heterocycles. The number of likely N-dealkylation sites (tertiary alicyclic amines) is 1. The largest absolute Gasteiger partial charge is 0.336 e. The van der Waals surface area contributed by atoms with E-state index in [4.69, 9.17) is 0 Å². The third kappa shape index (κ3) is 2.85. The van der Waals surface area contributed by atoms with Crippen molar-refractivity contribution in [1.82, 2.24) is 4.90 Å². The van der Waals surface area contributed by atoms with Gasteiger partial charge in [0.15, 0.2) is 0 Å². The number of benzene rings is 1. The Labute approximate surface area is 136 Å². The first kappa shape index (κ1) is 16.0. The topological polar surface area (TPSA) is 74.8 Å². The smallest absolute Gasteiger partial charge is 0.254 e. The van der Waals surface area contributed by atoms with Gasteiger partial charge in [-0.25, -0.2) is 12.7 Å². The summed E-state index contributed by atoms with van der Waals surface area (Å²) >= 11 is 0. The lowest BCUT2D eigenvalue weighted by atomic mass is 10.1. The van der Waals surface area contributed by atoms with Gasteiger partial charge < -0.3 is 4.90 Å². The number of carbonyl (C=O) groups is 2. The summed E-state index contributed by atoms with van der Waals surface area (Å²) in [5.41, 5.74) is 0.684. The number of anilines is 1. The third-order valence-corrected chi connectivity index (χ3v) is 6.21. The summed E-state index contributed by atoms with van der Waals surface area (Å²) in [4.78, 5) is 26.4. The number of hydrogen-bond acceptors (Lipinski definition) is 4.